The first-order valence-corrected chi connectivity index (χ1v) is 9.20. The number of nitrogens with one attached hydrogen (secondary N) is 1. The zero-order valence-electron chi connectivity index (χ0n) is 14.8. The predicted molar refractivity (Wildman–Crippen MR) is 91.7 cm³/mol. The first-order valence-electron chi connectivity index (χ1n) is 9.20. The number of hydrogen-bond acceptors (Lipinski definition) is 3. The summed E-state index contributed by atoms with van der Waals surface area (Å²) in [6.07, 6.45) is 5.46. The molecule has 0 aromatic rings. The number of likely N-dealkylation sites (tertiary alicyclic amines) is 2. The summed E-state index contributed by atoms with van der Waals surface area (Å²) in [6, 6.07) is 0.743. The normalized spacial score (nSPS) is 30.1. The van der Waals surface area contributed by atoms with Crippen LogP contribution in [0.5, 0.6) is 0 Å². The third-order valence-corrected chi connectivity index (χ3v) is 5.74. The van der Waals surface area contributed by atoms with Crippen LogP contribution in [-0.4, -0.2) is 62.2 Å². The molecule has 1 N–H and O–H groups in total. The molecule has 2 saturated heterocycles. The fourth-order valence-corrected chi connectivity index (χ4v) is 4.09. The molecule has 0 aromatic carbocycles. The standard InChI is InChI=1S/C18H37N3/c1-15(2)17-6-12-21(13-7-17)10-5-9-19-18-8-11-20(4)14-16(18)3/h15-19H,5-14H2,1-4H3/t16-,18-/m1/s1. The van der Waals surface area contributed by atoms with Gasteiger partial charge >= 0.3 is 0 Å². The van der Waals surface area contributed by atoms with Crippen LogP contribution in [0.1, 0.15) is 46.5 Å². The molecule has 2 rings (SSSR count). The molecule has 2 fully saturated rings. The summed E-state index contributed by atoms with van der Waals surface area (Å²) in [4.78, 5) is 5.14. The third kappa shape index (κ3) is 5.54. The van der Waals surface area contributed by atoms with Gasteiger partial charge in [-0.1, -0.05) is 20.8 Å². The second-order valence-electron chi connectivity index (χ2n) is 7.87. The lowest BCUT2D eigenvalue weighted by atomic mass is 9.87. The van der Waals surface area contributed by atoms with Gasteiger partial charge in [0.25, 0.3) is 0 Å². The second kappa shape index (κ2) is 8.50. The molecule has 21 heavy (non-hydrogen) atoms. The topological polar surface area (TPSA) is 18.5 Å². The van der Waals surface area contributed by atoms with Crippen LogP contribution >= 0.6 is 0 Å². The van der Waals surface area contributed by atoms with Gasteiger partial charge in [-0.25, -0.2) is 0 Å². The molecule has 0 radical (unpaired) electrons. The molecule has 2 aliphatic rings. The van der Waals surface area contributed by atoms with Crippen LogP contribution in [0, 0.1) is 17.8 Å². The Morgan fingerprint density at radius 1 is 1.10 bits per heavy atom. The Labute approximate surface area is 132 Å². The van der Waals surface area contributed by atoms with Crippen LogP contribution in [0.25, 0.3) is 0 Å². The lowest BCUT2D eigenvalue weighted by Gasteiger charge is -2.36. The summed E-state index contributed by atoms with van der Waals surface area (Å²) < 4.78 is 0. The summed E-state index contributed by atoms with van der Waals surface area (Å²) in [6.45, 7) is 14.8. The molecule has 124 valence electrons. The van der Waals surface area contributed by atoms with Gasteiger partial charge in [0.05, 0.1) is 0 Å². The van der Waals surface area contributed by atoms with Gasteiger partial charge in [0.1, 0.15) is 0 Å². The Kier molecular flexibility index (Phi) is 6.97. The molecule has 0 aromatic heterocycles. The maximum Gasteiger partial charge on any atom is 0.0117 e. The first kappa shape index (κ1) is 17.2. The van der Waals surface area contributed by atoms with Gasteiger partial charge in [0.15, 0.2) is 0 Å². The van der Waals surface area contributed by atoms with Crippen molar-refractivity contribution in [3.05, 3.63) is 0 Å². The minimum absolute atomic E-state index is 0.743. The van der Waals surface area contributed by atoms with Crippen molar-refractivity contribution in [2.75, 3.05) is 46.3 Å². The van der Waals surface area contributed by atoms with E-state index in [1.54, 1.807) is 0 Å². The molecular weight excluding hydrogens is 258 g/mol. The number of piperidine rings is 2. The van der Waals surface area contributed by atoms with Gasteiger partial charge in [-0.3, -0.25) is 0 Å². The minimum atomic E-state index is 0.743. The highest BCUT2D eigenvalue weighted by atomic mass is 15.1. The van der Waals surface area contributed by atoms with Crippen molar-refractivity contribution in [1.29, 1.82) is 0 Å². The Morgan fingerprint density at radius 2 is 1.81 bits per heavy atom. The van der Waals surface area contributed by atoms with Crippen molar-refractivity contribution in [1.82, 2.24) is 15.1 Å². The molecule has 2 aliphatic heterocycles. The average molecular weight is 296 g/mol. The van der Waals surface area contributed by atoms with Gasteiger partial charge in [0.2, 0.25) is 0 Å². The van der Waals surface area contributed by atoms with Gasteiger partial charge in [0, 0.05) is 12.6 Å². The average Bonchev–Trinajstić information content (AvgIpc) is 2.46. The monoisotopic (exact) mass is 295 g/mol. The minimum Gasteiger partial charge on any atom is -0.314 e. The smallest absolute Gasteiger partial charge is 0.0117 e. The molecular formula is C18H37N3. The Hall–Kier alpha value is -0.120. The molecule has 0 aliphatic carbocycles. The lowest BCUT2D eigenvalue weighted by molar-refractivity contribution is 0.151. The number of nitrogens with zero attached hydrogens (tertiary/aromatic N) is 2. The van der Waals surface area contributed by atoms with Crippen LogP contribution in [0.15, 0.2) is 0 Å². The van der Waals surface area contributed by atoms with E-state index in [0.717, 1.165) is 23.8 Å². The summed E-state index contributed by atoms with van der Waals surface area (Å²) in [5.41, 5.74) is 0. The number of hydrogen-bond donors (Lipinski definition) is 1. The van der Waals surface area contributed by atoms with Crippen molar-refractivity contribution < 1.29 is 0 Å². The summed E-state index contributed by atoms with van der Waals surface area (Å²) in [7, 11) is 2.24. The van der Waals surface area contributed by atoms with E-state index in [1.807, 2.05) is 0 Å². The highest BCUT2D eigenvalue weighted by Gasteiger charge is 2.24. The van der Waals surface area contributed by atoms with E-state index in [1.165, 1.54) is 65.0 Å². The molecule has 3 heteroatoms. The van der Waals surface area contributed by atoms with E-state index in [0.29, 0.717) is 0 Å². The van der Waals surface area contributed by atoms with Crippen LogP contribution in [-0.2, 0) is 0 Å². The fourth-order valence-electron chi connectivity index (χ4n) is 4.09. The fraction of sp³-hybridized carbons (Fsp3) is 1.00. The highest BCUT2D eigenvalue weighted by Crippen LogP contribution is 2.24. The van der Waals surface area contributed by atoms with Crippen molar-refractivity contribution in [2.24, 2.45) is 17.8 Å². The zero-order chi connectivity index (χ0) is 15.2. The Bertz CT molecular complexity index is 284. The lowest BCUT2D eigenvalue weighted by Crippen LogP contribution is -2.47. The molecule has 0 bridgehead atoms. The van der Waals surface area contributed by atoms with E-state index >= 15 is 0 Å². The zero-order valence-corrected chi connectivity index (χ0v) is 14.8. The van der Waals surface area contributed by atoms with Gasteiger partial charge in [-0.2, -0.15) is 0 Å². The van der Waals surface area contributed by atoms with E-state index in [-0.39, 0.29) is 0 Å². The molecule has 2 heterocycles. The van der Waals surface area contributed by atoms with Crippen LogP contribution in [0.3, 0.4) is 0 Å². The molecule has 0 saturated carbocycles. The largest absolute Gasteiger partial charge is 0.314 e. The predicted octanol–water partition coefficient (Wildman–Crippen LogP) is 2.67. The quantitative estimate of drug-likeness (QED) is 0.760. The van der Waals surface area contributed by atoms with Gasteiger partial charge in [-0.15, -0.1) is 0 Å². The van der Waals surface area contributed by atoms with Crippen molar-refractivity contribution in [3.63, 3.8) is 0 Å². The van der Waals surface area contributed by atoms with E-state index in [9.17, 15) is 0 Å². The molecule has 3 nitrogen and oxygen atoms in total. The molecule has 0 unspecified atom stereocenters. The van der Waals surface area contributed by atoms with Crippen LogP contribution < -0.4 is 5.32 Å². The van der Waals surface area contributed by atoms with Crippen LogP contribution in [0.2, 0.25) is 0 Å². The molecule has 0 amide bonds. The maximum absolute atomic E-state index is 3.81. The van der Waals surface area contributed by atoms with Gasteiger partial charge < -0.3 is 15.1 Å². The third-order valence-electron chi connectivity index (χ3n) is 5.74. The maximum atomic E-state index is 3.81. The molecule has 0 spiro atoms. The highest BCUT2D eigenvalue weighted by molar-refractivity contribution is 4.81. The summed E-state index contributed by atoms with van der Waals surface area (Å²) in [5, 5.41) is 3.81. The SMILES string of the molecule is CC(C)C1CCN(CCCN[C@@H]2CCN(C)C[C@H]2C)CC1. The van der Waals surface area contributed by atoms with Crippen molar-refractivity contribution in [3.8, 4) is 0 Å². The Morgan fingerprint density at radius 3 is 2.43 bits per heavy atom. The van der Waals surface area contributed by atoms with Crippen molar-refractivity contribution in [2.45, 2.75) is 52.5 Å². The van der Waals surface area contributed by atoms with Gasteiger partial charge in [-0.05, 0) is 83.2 Å². The van der Waals surface area contributed by atoms with Crippen molar-refractivity contribution >= 4 is 0 Å². The van der Waals surface area contributed by atoms with E-state index in [2.05, 4.69) is 42.9 Å². The van der Waals surface area contributed by atoms with Crippen LogP contribution in [0.4, 0.5) is 0 Å². The Balaban J connectivity index is 1.54. The first-order chi connectivity index (χ1) is 10.1. The summed E-state index contributed by atoms with van der Waals surface area (Å²) >= 11 is 0. The summed E-state index contributed by atoms with van der Waals surface area (Å²) in [5.74, 6) is 2.64. The van der Waals surface area contributed by atoms with E-state index in [4.69, 9.17) is 0 Å². The van der Waals surface area contributed by atoms with E-state index < -0.39 is 0 Å². The number of rotatable bonds is 6. The molecule has 2 atom stereocenters. The second-order valence-corrected chi connectivity index (χ2v) is 7.87.